The smallest absolute Gasteiger partial charge is 0.239 e. The van der Waals surface area contributed by atoms with Crippen LogP contribution in [-0.4, -0.2) is 45.3 Å². The number of carbonyl (C=O) groups excluding carboxylic acids is 1. The number of aryl methyl sites for hydroxylation is 1. The molecule has 0 saturated carbocycles. The summed E-state index contributed by atoms with van der Waals surface area (Å²) in [6, 6.07) is 8.09. The van der Waals surface area contributed by atoms with Crippen LogP contribution in [0.3, 0.4) is 0 Å². The Morgan fingerprint density at radius 3 is 2.76 bits per heavy atom. The molecule has 3 N–H and O–H groups in total. The van der Waals surface area contributed by atoms with Crippen LogP contribution in [0.2, 0.25) is 0 Å². The Labute approximate surface area is 127 Å². The van der Waals surface area contributed by atoms with Gasteiger partial charge in [0.2, 0.25) is 5.91 Å². The van der Waals surface area contributed by atoms with Crippen molar-refractivity contribution in [3.8, 4) is 0 Å². The van der Waals surface area contributed by atoms with E-state index in [9.17, 15) is 4.79 Å². The molecule has 0 spiro atoms. The maximum Gasteiger partial charge on any atom is 0.239 e. The SMILES string of the molecule is COCC(C)NC(=O)CN(CCCN)c1ccccc1C. The van der Waals surface area contributed by atoms with Crippen LogP contribution in [0.4, 0.5) is 5.69 Å². The first-order valence-electron chi connectivity index (χ1n) is 7.37. The summed E-state index contributed by atoms with van der Waals surface area (Å²) in [6.45, 7) is 6.21. The highest BCUT2D eigenvalue weighted by molar-refractivity contribution is 5.81. The molecule has 1 amide bonds. The van der Waals surface area contributed by atoms with Crippen LogP contribution >= 0.6 is 0 Å². The van der Waals surface area contributed by atoms with Crippen molar-refractivity contribution in [1.29, 1.82) is 0 Å². The molecule has 5 heteroatoms. The topological polar surface area (TPSA) is 67.6 Å². The number of anilines is 1. The summed E-state index contributed by atoms with van der Waals surface area (Å²) >= 11 is 0. The molecule has 0 saturated heterocycles. The van der Waals surface area contributed by atoms with Crippen LogP contribution in [0, 0.1) is 6.92 Å². The third-order valence-corrected chi connectivity index (χ3v) is 3.25. The summed E-state index contributed by atoms with van der Waals surface area (Å²) in [4.78, 5) is 14.2. The number of ether oxygens (including phenoxy) is 1. The number of para-hydroxylation sites is 1. The van der Waals surface area contributed by atoms with Gasteiger partial charge in [-0.2, -0.15) is 0 Å². The van der Waals surface area contributed by atoms with E-state index < -0.39 is 0 Å². The van der Waals surface area contributed by atoms with Crippen molar-refractivity contribution in [2.75, 3.05) is 38.3 Å². The average molecular weight is 293 g/mol. The highest BCUT2D eigenvalue weighted by atomic mass is 16.5. The number of benzene rings is 1. The van der Waals surface area contributed by atoms with Gasteiger partial charge in [-0.25, -0.2) is 0 Å². The molecule has 5 nitrogen and oxygen atoms in total. The lowest BCUT2D eigenvalue weighted by atomic mass is 10.1. The Morgan fingerprint density at radius 2 is 2.14 bits per heavy atom. The van der Waals surface area contributed by atoms with Crippen LogP contribution < -0.4 is 16.0 Å². The Hall–Kier alpha value is -1.59. The molecule has 1 aromatic carbocycles. The maximum atomic E-state index is 12.1. The average Bonchev–Trinajstić information content (AvgIpc) is 2.44. The quantitative estimate of drug-likeness (QED) is 0.720. The number of nitrogens with two attached hydrogens (primary N) is 1. The molecule has 0 heterocycles. The lowest BCUT2D eigenvalue weighted by Crippen LogP contribution is -2.43. The van der Waals surface area contributed by atoms with E-state index in [-0.39, 0.29) is 11.9 Å². The third-order valence-electron chi connectivity index (χ3n) is 3.25. The van der Waals surface area contributed by atoms with Gasteiger partial charge in [0, 0.05) is 25.4 Å². The zero-order chi connectivity index (χ0) is 15.7. The molecule has 0 aliphatic rings. The van der Waals surface area contributed by atoms with E-state index in [0.29, 0.717) is 19.7 Å². The van der Waals surface area contributed by atoms with Gasteiger partial charge < -0.3 is 20.7 Å². The molecule has 1 rings (SSSR count). The van der Waals surface area contributed by atoms with Gasteiger partial charge in [0.25, 0.3) is 0 Å². The summed E-state index contributed by atoms with van der Waals surface area (Å²) in [7, 11) is 1.63. The largest absolute Gasteiger partial charge is 0.383 e. The molecule has 1 atom stereocenters. The summed E-state index contributed by atoms with van der Waals surface area (Å²) in [6.07, 6.45) is 0.856. The van der Waals surface area contributed by atoms with Crippen LogP contribution in [0.1, 0.15) is 18.9 Å². The molecule has 0 fully saturated rings. The fourth-order valence-corrected chi connectivity index (χ4v) is 2.27. The standard InChI is InChI=1S/C16H27N3O2/c1-13-7-4-5-8-15(13)19(10-6-9-17)11-16(20)18-14(2)12-21-3/h4-5,7-8,14H,6,9-12,17H2,1-3H3,(H,18,20). The fraction of sp³-hybridized carbons (Fsp3) is 0.562. The van der Waals surface area contributed by atoms with Gasteiger partial charge in [0.05, 0.1) is 13.2 Å². The molecule has 0 aliphatic carbocycles. The summed E-state index contributed by atoms with van der Waals surface area (Å²) in [5.74, 6) is -0.000163. The second-order valence-corrected chi connectivity index (χ2v) is 5.27. The van der Waals surface area contributed by atoms with E-state index in [0.717, 1.165) is 24.2 Å². The van der Waals surface area contributed by atoms with Gasteiger partial charge in [-0.3, -0.25) is 4.79 Å². The molecule has 118 valence electrons. The molecule has 0 aromatic heterocycles. The first kappa shape index (κ1) is 17.5. The van der Waals surface area contributed by atoms with Crippen molar-refractivity contribution in [3.63, 3.8) is 0 Å². The van der Waals surface area contributed by atoms with Crippen LogP contribution in [0.15, 0.2) is 24.3 Å². The summed E-state index contributed by atoms with van der Waals surface area (Å²) < 4.78 is 5.03. The number of rotatable bonds is 9. The van der Waals surface area contributed by atoms with Gasteiger partial charge in [0.1, 0.15) is 0 Å². The number of carbonyl (C=O) groups is 1. The minimum Gasteiger partial charge on any atom is -0.383 e. The molecule has 1 unspecified atom stereocenters. The number of hydrogen-bond donors (Lipinski definition) is 2. The zero-order valence-corrected chi connectivity index (χ0v) is 13.3. The molecule has 0 radical (unpaired) electrons. The maximum absolute atomic E-state index is 12.1. The van der Waals surface area contributed by atoms with Crippen LogP contribution in [0.25, 0.3) is 0 Å². The lowest BCUT2D eigenvalue weighted by molar-refractivity contribution is -0.120. The van der Waals surface area contributed by atoms with Crippen molar-refractivity contribution >= 4 is 11.6 Å². The highest BCUT2D eigenvalue weighted by Gasteiger charge is 2.14. The van der Waals surface area contributed by atoms with Crippen molar-refractivity contribution in [1.82, 2.24) is 5.32 Å². The van der Waals surface area contributed by atoms with E-state index in [4.69, 9.17) is 10.5 Å². The highest BCUT2D eigenvalue weighted by Crippen LogP contribution is 2.19. The Balaban J connectivity index is 2.70. The van der Waals surface area contributed by atoms with E-state index in [2.05, 4.69) is 23.2 Å². The fourth-order valence-electron chi connectivity index (χ4n) is 2.27. The zero-order valence-electron chi connectivity index (χ0n) is 13.3. The Kier molecular flexibility index (Phi) is 7.79. The van der Waals surface area contributed by atoms with E-state index >= 15 is 0 Å². The number of nitrogens with zero attached hydrogens (tertiary/aromatic N) is 1. The first-order valence-corrected chi connectivity index (χ1v) is 7.37. The van der Waals surface area contributed by atoms with Crippen molar-refractivity contribution in [3.05, 3.63) is 29.8 Å². The van der Waals surface area contributed by atoms with Gasteiger partial charge in [0.15, 0.2) is 0 Å². The van der Waals surface area contributed by atoms with Crippen molar-refractivity contribution in [2.24, 2.45) is 5.73 Å². The predicted octanol–water partition coefficient (Wildman–Crippen LogP) is 1.30. The Morgan fingerprint density at radius 1 is 1.43 bits per heavy atom. The van der Waals surface area contributed by atoms with E-state index in [1.807, 2.05) is 25.1 Å². The second kappa shape index (κ2) is 9.37. The minimum atomic E-state index is -0.000163. The lowest BCUT2D eigenvalue weighted by Gasteiger charge is -2.26. The summed E-state index contributed by atoms with van der Waals surface area (Å²) in [5, 5.41) is 2.94. The molecule has 1 aromatic rings. The first-order chi connectivity index (χ1) is 10.1. The number of methoxy groups -OCH3 is 1. The molecular formula is C16H27N3O2. The number of hydrogen-bond acceptors (Lipinski definition) is 4. The number of amides is 1. The van der Waals surface area contributed by atoms with Crippen LogP contribution in [0.5, 0.6) is 0 Å². The predicted molar refractivity (Wildman–Crippen MR) is 86.5 cm³/mol. The van der Waals surface area contributed by atoms with Crippen molar-refractivity contribution in [2.45, 2.75) is 26.3 Å². The molecular weight excluding hydrogens is 266 g/mol. The van der Waals surface area contributed by atoms with Gasteiger partial charge >= 0.3 is 0 Å². The molecule has 0 aliphatic heterocycles. The van der Waals surface area contributed by atoms with E-state index in [1.165, 1.54) is 0 Å². The Bertz CT molecular complexity index is 437. The monoisotopic (exact) mass is 293 g/mol. The minimum absolute atomic E-state index is 0.000163. The van der Waals surface area contributed by atoms with Crippen LogP contribution in [-0.2, 0) is 9.53 Å². The summed E-state index contributed by atoms with van der Waals surface area (Å²) in [5.41, 5.74) is 7.84. The van der Waals surface area contributed by atoms with Crippen molar-refractivity contribution < 1.29 is 9.53 Å². The molecule has 21 heavy (non-hydrogen) atoms. The second-order valence-electron chi connectivity index (χ2n) is 5.27. The third kappa shape index (κ3) is 6.14. The molecule has 0 bridgehead atoms. The van der Waals surface area contributed by atoms with Gasteiger partial charge in [-0.05, 0) is 38.4 Å². The normalized spacial score (nSPS) is 12.0. The van der Waals surface area contributed by atoms with Gasteiger partial charge in [-0.1, -0.05) is 18.2 Å². The van der Waals surface area contributed by atoms with E-state index in [1.54, 1.807) is 7.11 Å². The van der Waals surface area contributed by atoms with Gasteiger partial charge in [-0.15, -0.1) is 0 Å². The number of nitrogens with one attached hydrogen (secondary N) is 1.